The molecule has 138 valence electrons. The van der Waals surface area contributed by atoms with Crippen LogP contribution in [0, 0.1) is 0 Å². The van der Waals surface area contributed by atoms with E-state index in [1.54, 1.807) is 25.6 Å². The zero-order valence-electron chi connectivity index (χ0n) is 14.7. The van der Waals surface area contributed by atoms with Crippen molar-refractivity contribution >= 4 is 11.8 Å². The van der Waals surface area contributed by atoms with Gasteiger partial charge >= 0.3 is 0 Å². The molecule has 3 aromatic rings. The van der Waals surface area contributed by atoms with Crippen LogP contribution in [0.2, 0.25) is 0 Å². The van der Waals surface area contributed by atoms with E-state index in [0.717, 1.165) is 16.9 Å². The third kappa shape index (κ3) is 4.91. The number of hydrogen-bond donors (Lipinski definition) is 3. The van der Waals surface area contributed by atoms with Gasteiger partial charge in [0, 0.05) is 24.4 Å². The number of ether oxygens (including phenoxy) is 1. The van der Waals surface area contributed by atoms with E-state index in [4.69, 9.17) is 4.74 Å². The summed E-state index contributed by atoms with van der Waals surface area (Å²) in [5.41, 5.74) is 7.42. The minimum Gasteiger partial charge on any atom is -0.497 e. The molecule has 0 aliphatic carbocycles. The molecule has 0 aliphatic heterocycles. The first kappa shape index (κ1) is 18.1. The zero-order chi connectivity index (χ0) is 19.1. The first-order valence-electron chi connectivity index (χ1n) is 8.33. The molecule has 8 heteroatoms. The van der Waals surface area contributed by atoms with Gasteiger partial charge in [0.25, 0.3) is 5.91 Å². The van der Waals surface area contributed by atoms with Crippen LogP contribution in [0.4, 0.5) is 0 Å². The van der Waals surface area contributed by atoms with Gasteiger partial charge in [-0.2, -0.15) is 5.10 Å². The number of amides is 2. The van der Waals surface area contributed by atoms with Crippen molar-refractivity contribution in [1.29, 1.82) is 0 Å². The fourth-order valence-electron chi connectivity index (χ4n) is 2.41. The SMILES string of the molecule is COc1ccc(-c2cc(C(=O)NNC(=O)CCc3cccnc3)[nH]n2)cc1. The molecule has 1 aromatic carbocycles. The highest BCUT2D eigenvalue weighted by atomic mass is 16.5. The topological polar surface area (TPSA) is 109 Å². The Kier molecular flexibility index (Phi) is 5.78. The van der Waals surface area contributed by atoms with Crippen molar-refractivity contribution in [2.24, 2.45) is 0 Å². The molecule has 0 saturated carbocycles. The number of aromatic nitrogens is 3. The highest BCUT2D eigenvalue weighted by molar-refractivity contribution is 5.94. The summed E-state index contributed by atoms with van der Waals surface area (Å²) >= 11 is 0. The molecular formula is C19H19N5O3. The van der Waals surface area contributed by atoms with E-state index < -0.39 is 5.91 Å². The molecule has 2 aromatic heterocycles. The number of nitrogens with one attached hydrogen (secondary N) is 3. The number of methoxy groups -OCH3 is 1. The number of nitrogens with zero attached hydrogens (tertiary/aromatic N) is 2. The lowest BCUT2D eigenvalue weighted by Crippen LogP contribution is -2.41. The first-order chi connectivity index (χ1) is 13.2. The summed E-state index contributed by atoms with van der Waals surface area (Å²) in [7, 11) is 1.59. The van der Waals surface area contributed by atoms with E-state index in [9.17, 15) is 9.59 Å². The Bertz CT molecular complexity index is 907. The third-order valence-corrected chi connectivity index (χ3v) is 3.89. The summed E-state index contributed by atoms with van der Waals surface area (Å²) in [6.45, 7) is 0. The van der Waals surface area contributed by atoms with Crippen molar-refractivity contribution in [1.82, 2.24) is 26.0 Å². The largest absolute Gasteiger partial charge is 0.497 e. The average molecular weight is 365 g/mol. The van der Waals surface area contributed by atoms with E-state index in [0.29, 0.717) is 12.1 Å². The van der Waals surface area contributed by atoms with Gasteiger partial charge in [0.05, 0.1) is 12.8 Å². The number of benzene rings is 1. The predicted octanol–water partition coefficient (Wildman–Crippen LogP) is 1.87. The summed E-state index contributed by atoms with van der Waals surface area (Å²) in [5, 5.41) is 6.78. The predicted molar refractivity (Wildman–Crippen MR) is 98.7 cm³/mol. The van der Waals surface area contributed by atoms with Crippen molar-refractivity contribution in [3.05, 3.63) is 66.1 Å². The van der Waals surface area contributed by atoms with E-state index in [2.05, 4.69) is 26.0 Å². The molecule has 3 rings (SSSR count). The molecule has 8 nitrogen and oxygen atoms in total. The second-order valence-electron chi connectivity index (χ2n) is 5.76. The molecule has 2 heterocycles. The monoisotopic (exact) mass is 365 g/mol. The summed E-state index contributed by atoms with van der Waals surface area (Å²) in [6.07, 6.45) is 4.17. The Morgan fingerprint density at radius 1 is 1.15 bits per heavy atom. The van der Waals surface area contributed by atoms with Crippen molar-refractivity contribution in [2.75, 3.05) is 7.11 Å². The molecule has 3 N–H and O–H groups in total. The quantitative estimate of drug-likeness (QED) is 0.578. The van der Waals surface area contributed by atoms with Crippen molar-refractivity contribution in [3.8, 4) is 17.0 Å². The minimum atomic E-state index is -0.475. The van der Waals surface area contributed by atoms with Gasteiger partial charge in [0.2, 0.25) is 5.91 Å². The van der Waals surface area contributed by atoms with Crippen LogP contribution in [0.1, 0.15) is 22.5 Å². The Balaban J connectivity index is 1.50. The number of carbonyl (C=O) groups excluding carboxylic acids is 2. The Labute approximate surface area is 155 Å². The van der Waals surface area contributed by atoms with Crippen LogP contribution in [0.3, 0.4) is 0 Å². The molecular weight excluding hydrogens is 346 g/mol. The van der Waals surface area contributed by atoms with Crippen LogP contribution in [0.15, 0.2) is 54.9 Å². The van der Waals surface area contributed by atoms with Crippen molar-refractivity contribution < 1.29 is 14.3 Å². The molecule has 0 spiro atoms. The van der Waals surface area contributed by atoms with Gasteiger partial charge in [-0.15, -0.1) is 0 Å². The Morgan fingerprint density at radius 3 is 2.67 bits per heavy atom. The lowest BCUT2D eigenvalue weighted by molar-refractivity contribution is -0.121. The highest BCUT2D eigenvalue weighted by Gasteiger charge is 2.12. The summed E-state index contributed by atoms with van der Waals surface area (Å²) in [4.78, 5) is 28.0. The normalized spacial score (nSPS) is 10.3. The van der Waals surface area contributed by atoms with E-state index in [1.807, 2.05) is 36.4 Å². The number of H-pyrrole nitrogens is 1. The zero-order valence-corrected chi connectivity index (χ0v) is 14.7. The molecule has 2 amide bonds. The summed E-state index contributed by atoms with van der Waals surface area (Å²) in [6, 6.07) is 12.6. The highest BCUT2D eigenvalue weighted by Crippen LogP contribution is 2.21. The van der Waals surface area contributed by atoms with Gasteiger partial charge < -0.3 is 4.74 Å². The molecule has 0 fully saturated rings. The maximum absolute atomic E-state index is 12.1. The number of aromatic amines is 1. The van der Waals surface area contributed by atoms with Crippen LogP contribution >= 0.6 is 0 Å². The average Bonchev–Trinajstić information content (AvgIpc) is 3.21. The number of hydrogen-bond acceptors (Lipinski definition) is 5. The molecule has 0 atom stereocenters. The van der Waals surface area contributed by atoms with Crippen molar-refractivity contribution in [2.45, 2.75) is 12.8 Å². The van der Waals surface area contributed by atoms with Gasteiger partial charge in [0.1, 0.15) is 11.4 Å². The molecule has 27 heavy (non-hydrogen) atoms. The van der Waals surface area contributed by atoms with Crippen LogP contribution in [0.25, 0.3) is 11.3 Å². The second-order valence-corrected chi connectivity index (χ2v) is 5.76. The summed E-state index contributed by atoms with van der Waals surface area (Å²) < 4.78 is 5.11. The Hall–Kier alpha value is -3.68. The molecule has 0 aliphatic rings. The molecule has 0 unspecified atom stereocenters. The standard InChI is InChI=1S/C19H19N5O3/c1-27-15-7-5-14(6-8-15)16-11-17(22-21-16)19(26)24-23-18(25)9-4-13-3-2-10-20-12-13/h2-3,5-8,10-12H,4,9H2,1H3,(H,21,22)(H,23,25)(H,24,26). The van der Waals surface area contributed by atoms with E-state index in [1.165, 1.54) is 0 Å². The maximum Gasteiger partial charge on any atom is 0.287 e. The fourth-order valence-corrected chi connectivity index (χ4v) is 2.41. The third-order valence-electron chi connectivity index (χ3n) is 3.89. The van der Waals surface area contributed by atoms with E-state index >= 15 is 0 Å². The fraction of sp³-hybridized carbons (Fsp3) is 0.158. The first-order valence-corrected chi connectivity index (χ1v) is 8.33. The van der Waals surface area contributed by atoms with E-state index in [-0.39, 0.29) is 18.0 Å². The number of rotatable bonds is 6. The summed E-state index contributed by atoms with van der Waals surface area (Å²) in [5.74, 6) is -0.0275. The number of carbonyl (C=O) groups is 2. The second kappa shape index (κ2) is 8.61. The van der Waals surface area contributed by atoms with Crippen LogP contribution < -0.4 is 15.6 Å². The molecule has 0 radical (unpaired) electrons. The molecule has 0 saturated heterocycles. The van der Waals surface area contributed by atoms with Crippen LogP contribution in [-0.2, 0) is 11.2 Å². The van der Waals surface area contributed by atoms with Gasteiger partial charge in [0.15, 0.2) is 0 Å². The Morgan fingerprint density at radius 2 is 1.96 bits per heavy atom. The minimum absolute atomic E-state index is 0.242. The van der Waals surface area contributed by atoms with Gasteiger partial charge in [-0.1, -0.05) is 6.07 Å². The number of aryl methyl sites for hydroxylation is 1. The van der Waals surface area contributed by atoms with Crippen LogP contribution in [0.5, 0.6) is 5.75 Å². The number of pyridine rings is 1. The maximum atomic E-state index is 12.1. The smallest absolute Gasteiger partial charge is 0.287 e. The molecule has 0 bridgehead atoms. The van der Waals surface area contributed by atoms with Gasteiger partial charge in [-0.3, -0.25) is 30.5 Å². The lowest BCUT2D eigenvalue weighted by Gasteiger charge is -2.06. The van der Waals surface area contributed by atoms with Crippen molar-refractivity contribution in [3.63, 3.8) is 0 Å². The lowest BCUT2D eigenvalue weighted by atomic mass is 10.1. The number of hydrazine groups is 1. The van der Waals surface area contributed by atoms with Gasteiger partial charge in [-0.25, -0.2) is 0 Å². The van der Waals surface area contributed by atoms with Crippen LogP contribution in [-0.4, -0.2) is 34.1 Å². The van der Waals surface area contributed by atoms with Gasteiger partial charge in [-0.05, 0) is 48.4 Å².